The Morgan fingerprint density at radius 3 is 2.41 bits per heavy atom. The molecule has 11 heteroatoms. The molecule has 0 aliphatic carbocycles. The van der Waals surface area contributed by atoms with E-state index in [0.717, 1.165) is 4.52 Å². The monoisotopic (exact) mass is 387 g/mol. The Kier molecular flexibility index (Phi) is 5.71. The molecule has 1 amide bonds. The average molecular weight is 387 g/mol. The van der Waals surface area contributed by atoms with Crippen molar-refractivity contribution in [2.24, 2.45) is 0 Å². The minimum Gasteiger partial charge on any atom is -0.453 e. The van der Waals surface area contributed by atoms with Crippen molar-refractivity contribution in [3.8, 4) is 0 Å². The van der Waals surface area contributed by atoms with Gasteiger partial charge in [-0.1, -0.05) is 0 Å². The number of alkyl halides is 3. The summed E-state index contributed by atoms with van der Waals surface area (Å²) in [6.07, 6.45) is -5.46. The molecular formula is C16H20F3N5O3. The van der Waals surface area contributed by atoms with Gasteiger partial charge in [0.1, 0.15) is 0 Å². The van der Waals surface area contributed by atoms with E-state index in [1.54, 1.807) is 27.9 Å². The van der Waals surface area contributed by atoms with Crippen molar-refractivity contribution in [2.75, 3.05) is 14.1 Å². The molecule has 0 aliphatic rings. The standard InChI is InChI=1S/C16H20F3N5O3/c1-8-11(6-7-12(25)27-10(3)13(26)23(4)5)9(2)24-15(20-8)21-14(22-24)16(17,18)19/h10H,6-7H2,1-5H3. The molecule has 27 heavy (non-hydrogen) atoms. The van der Waals surface area contributed by atoms with Crippen LogP contribution in [-0.2, 0) is 26.9 Å². The Morgan fingerprint density at radius 2 is 1.85 bits per heavy atom. The molecule has 1 atom stereocenters. The number of carbonyl (C=O) groups is 2. The minimum absolute atomic E-state index is 0.0548. The Hall–Kier alpha value is -2.72. The SMILES string of the molecule is Cc1nc2nc(C(F)(F)F)nn2c(C)c1CCC(=O)OC(C)C(=O)N(C)C. The second-order valence-corrected chi connectivity index (χ2v) is 6.27. The lowest BCUT2D eigenvalue weighted by Gasteiger charge is -2.17. The highest BCUT2D eigenvalue weighted by molar-refractivity contribution is 5.83. The van der Waals surface area contributed by atoms with E-state index in [0.29, 0.717) is 17.0 Å². The predicted molar refractivity (Wildman–Crippen MR) is 87.8 cm³/mol. The van der Waals surface area contributed by atoms with Gasteiger partial charge in [0.05, 0.1) is 0 Å². The maximum absolute atomic E-state index is 12.8. The van der Waals surface area contributed by atoms with Crippen molar-refractivity contribution >= 4 is 17.7 Å². The topological polar surface area (TPSA) is 89.7 Å². The van der Waals surface area contributed by atoms with Crippen LogP contribution < -0.4 is 0 Å². The lowest BCUT2D eigenvalue weighted by molar-refractivity contribution is -0.157. The summed E-state index contributed by atoms with van der Waals surface area (Å²) >= 11 is 0. The van der Waals surface area contributed by atoms with Gasteiger partial charge in [0, 0.05) is 31.9 Å². The number of esters is 1. The zero-order valence-corrected chi connectivity index (χ0v) is 15.6. The van der Waals surface area contributed by atoms with Gasteiger partial charge in [0.25, 0.3) is 17.5 Å². The fourth-order valence-electron chi connectivity index (χ4n) is 2.59. The van der Waals surface area contributed by atoms with Crippen molar-refractivity contribution in [3.63, 3.8) is 0 Å². The molecule has 0 saturated heterocycles. The van der Waals surface area contributed by atoms with E-state index in [2.05, 4.69) is 15.1 Å². The second-order valence-electron chi connectivity index (χ2n) is 6.27. The number of hydrogen-bond donors (Lipinski definition) is 0. The van der Waals surface area contributed by atoms with Gasteiger partial charge in [0.2, 0.25) is 0 Å². The second kappa shape index (κ2) is 7.49. The smallest absolute Gasteiger partial charge is 0.453 e. The summed E-state index contributed by atoms with van der Waals surface area (Å²) < 4.78 is 44.5. The van der Waals surface area contributed by atoms with Gasteiger partial charge in [-0.3, -0.25) is 9.59 Å². The van der Waals surface area contributed by atoms with Crippen LogP contribution in [-0.4, -0.2) is 56.6 Å². The maximum atomic E-state index is 12.8. The highest BCUT2D eigenvalue weighted by Gasteiger charge is 2.37. The lowest BCUT2D eigenvalue weighted by atomic mass is 10.1. The first kappa shape index (κ1) is 20.6. The number of aromatic nitrogens is 4. The quantitative estimate of drug-likeness (QED) is 0.726. The fraction of sp³-hybridized carbons (Fsp3) is 0.562. The first-order valence-electron chi connectivity index (χ1n) is 8.12. The first-order chi connectivity index (χ1) is 12.4. The Morgan fingerprint density at radius 1 is 1.22 bits per heavy atom. The Balaban J connectivity index is 2.17. The number of fused-ring (bicyclic) bond motifs is 1. The molecule has 2 aromatic rings. The van der Waals surface area contributed by atoms with Crippen LogP contribution in [0.2, 0.25) is 0 Å². The fourth-order valence-corrected chi connectivity index (χ4v) is 2.59. The van der Waals surface area contributed by atoms with E-state index in [-0.39, 0.29) is 24.5 Å². The number of aryl methyl sites for hydroxylation is 2. The number of nitrogens with zero attached hydrogens (tertiary/aromatic N) is 5. The Bertz CT molecular complexity index is 876. The molecule has 0 N–H and O–H groups in total. The van der Waals surface area contributed by atoms with Crippen molar-refractivity contribution in [3.05, 3.63) is 22.8 Å². The molecule has 0 spiro atoms. The van der Waals surface area contributed by atoms with Gasteiger partial charge in [-0.2, -0.15) is 18.2 Å². The summed E-state index contributed by atoms with van der Waals surface area (Å²) in [5.41, 5.74) is 1.43. The molecule has 0 fully saturated rings. The molecule has 2 aromatic heterocycles. The van der Waals surface area contributed by atoms with E-state index < -0.39 is 24.1 Å². The van der Waals surface area contributed by atoms with Gasteiger partial charge in [-0.05, 0) is 32.8 Å². The summed E-state index contributed by atoms with van der Waals surface area (Å²) in [5, 5.41) is 3.46. The largest absolute Gasteiger partial charge is 0.453 e. The van der Waals surface area contributed by atoms with E-state index in [9.17, 15) is 22.8 Å². The van der Waals surface area contributed by atoms with E-state index in [1.807, 2.05) is 0 Å². The molecule has 2 rings (SSSR count). The third-order valence-corrected chi connectivity index (χ3v) is 3.98. The summed E-state index contributed by atoms with van der Waals surface area (Å²) in [7, 11) is 3.10. The molecule has 148 valence electrons. The van der Waals surface area contributed by atoms with Crippen molar-refractivity contribution in [1.82, 2.24) is 24.5 Å². The zero-order valence-electron chi connectivity index (χ0n) is 15.6. The molecule has 0 bridgehead atoms. The van der Waals surface area contributed by atoms with E-state index in [1.165, 1.54) is 11.8 Å². The van der Waals surface area contributed by atoms with Crippen molar-refractivity contribution in [2.45, 2.75) is 45.9 Å². The number of rotatable bonds is 5. The van der Waals surface area contributed by atoms with Crippen LogP contribution in [0.3, 0.4) is 0 Å². The van der Waals surface area contributed by atoms with Crippen LogP contribution in [0, 0.1) is 13.8 Å². The van der Waals surface area contributed by atoms with Gasteiger partial charge in [-0.25, -0.2) is 9.50 Å². The first-order valence-corrected chi connectivity index (χ1v) is 8.12. The normalized spacial score (nSPS) is 12.9. The Labute approximate surface area is 153 Å². The average Bonchev–Trinajstić information content (AvgIpc) is 2.98. The molecule has 8 nitrogen and oxygen atoms in total. The number of hydrogen-bond acceptors (Lipinski definition) is 6. The minimum atomic E-state index is -4.67. The van der Waals surface area contributed by atoms with E-state index >= 15 is 0 Å². The highest BCUT2D eigenvalue weighted by atomic mass is 19.4. The lowest BCUT2D eigenvalue weighted by Crippen LogP contribution is -2.34. The van der Waals surface area contributed by atoms with E-state index in [4.69, 9.17) is 4.74 Å². The summed E-state index contributed by atoms with van der Waals surface area (Å²) in [5.74, 6) is -2.37. The van der Waals surface area contributed by atoms with Gasteiger partial charge >= 0.3 is 12.1 Å². The van der Waals surface area contributed by atoms with Gasteiger partial charge < -0.3 is 9.64 Å². The van der Waals surface area contributed by atoms with Gasteiger partial charge in [-0.15, -0.1) is 5.10 Å². The highest BCUT2D eigenvalue weighted by Crippen LogP contribution is 2.27. The van der Waals surface area contributed by atoms with Crippen LogP contribution in [0.5, 0.6) is 0 Å². The molecular weight excluding hydrogens is 367 g/mol. The summed E-state index contributed by atoms with van der Waals surface area (Å²) in [4.78, 5) is 32.4. The van der Waals surface area contributed by atoms with Crippen LogP contribution in [0.1, 0.15) is 36.1 Å². The number of halogens is 3. The van der Waals surface area contributed by atoms with Crippen molar-refractivity contribution < 1.29 is 27.5 Å². The molecule has 0 aromatic carbocycles. The maximum Gasteiger partial charge on any atom is 0.453 e. The van der Waals surface area contributed by atoms with Crippen LogP contribution in [0.4, 0.5) is 13.2 Å². The van der Waals surface area contributed by atoms with Crippen LogP contribution >= 0.6 is 0 Å². The number of carbonyl (C=O) groups excluding carboxylic acids is 2. The molecule has 1 unspecified atom stereocenters. The molecule has 0 saturated carbocycles. The molecule has 0 radical (unpaired) electrons. The number of likely N-dealkylation sites (N-methyl/N-ethyl adjacent to an activating group) is 1. The van der Waals surface area contributed by atoms with Crippen LogP contribution in [0.25, 0.3) is 5.78 Å². The zero-order chi connectivity index (χ0) is 20.5. The summed E-state index contributed by atoms with van der Waals surface area (Å²) in [6.45, 7) is 4.67. The number of ether oxygens (including phenoxy) is 1. The predicted octanol–water partition coefficient (Wildman–Crippen LogP) is 1.71. The molecule has 2 heterocycles. The summed E-state index contributed by atoms with van der Waals surface area (Å²) in [6, 6.07) is 0. The molecule has 0 aliphatic heterocycles. The number of amides is 1. The van der Waals surface area contributed by atoms with Crippen molar-refractivity contribution in [1.29, 1.82) is 0 Å². The van der Waals surface area contributed by atoms with Gasteiger partial charge in [0.15, 0.2) is 6.10 Å². The third kappa shape index (κ3) is 4.52. The van der Waals surface area contributed by atoms with Crippen LogP contribution in [0.15, 0.2) is 0 Å². The third-order valence-electron chi connectivity index (χ3n) is 3.98.